The van der Waals surface area contributed by atoms with E-state index in [4.69, 9.17) is 9.47 Å². The van der Waals surface area contributed by atoms with E-state index in [0.29, 0.717) is 23.6 Å². The highest BCUT2D eigenvalue weighted by Crippen LogP contribution is 2.45. The third-order valence-corrected chi connectivity index (χ3v) is 8.19. The number of carbonyl (C=O) groups is 1. The molecule has 0 aromatic heterocycles. The molecule has 5 rings (SSSR count). The molecule has 1 aliphatic rings. The van der Waals surface area contributed by atoms with Crippen molar-refractivity contribution in [2.45, 2.75) is 24.4 Å². The Morgan fingerprint density at radius 2 is 1.41 bits per heavy atom. The van der Waals surface area contributed by atoms with Gasteiger partial charge in [0.15, 0.2) is 11.5 Å². The summed E-state index contributed by atoms with van der Waals surface area (Å²) < 4.78 is 12.0. The van der Waals surface area contributed by atoms with Gasteiger partial charge in [0.05, 0.1) is 25.3 Å². The Morgan fingerprint density at radius 1 is 0.872 bits per heavy atom. The van der Waals surface area contributed by atoms with E-state index in [1.165, 1.54) is 16.7 Å². The Kier molecular flexibility index (Phi) is 8.53. The fraction of sp³-hybridized carbons (Fsp3) is 0.242. The van der Waals surface area contributed by atoms with Gasteiger partial charge < -0.3 is 14.8 Å². The molecule has 0 unspecified atom stereocenters. The number of methoxy groups -OCH3 is 2. The molecule has 0 bridgehead atoms. The van der Waals surface area contributed by atoms with E-state index in [9.17, 15) is 4.79 Å². The van der Waals surface area contributed by atoms with Gasteiger partial charge in [0.1, 0.15) is 0 Å². The van der Waals surface area contributed by atoms with Gasteiger partial charge in [-0.3, -0.25) is 9.69 Å². The summed E-state index contributed by atoms with van der Waals surface area (Å²) in [6.07, 6.45) is 2.04. The number of halogens is 1. The molecule has 39 heavy (non-hydrogen) atoms. The number of likely N-dealkylation sites (tertiary alicyclic amines) is 1. The van der Waals surface area contributed by atoms with Gasteiger partial charge >= 0.3 is 0 Å². The third kappa shape index (κ3) is 5.28. The molecular formula is C33H33IN2O3. The van der Waals surface area contributed by atoms with Gasteiger partial charge in [-0.15, -0.1) is 0 Å². The fourth-order valence-electron chi connectivity index (χ4n) is 5.93. The van der Waals surface area contributed by atoms with Gasteiger partial charge in [-0.1, -0.05) is 91.0 Å². The van der Waals surface area contributed by atoms with Crippen LogP contribution in [0.25, 0.3) is 0 Å². The van der Waals surface area contributed by atoms with Gasteiger partial charge in [0.25, 0.3) is 5.91 Å². The molecule has 1 fully saturated rings. The molecule has 5 nitrogen and oxygen atoms in total. The van der Waals surface area contributed by atoms with Gasteiger partial charge in [-0.05, 0) is 64.3 Å². The molecule has 0 saturated carbocycles. The van der Waals surface area contributed by atoms with Crippen molar-refractivity contribution in [3.63, 3.8) is 0 Å². The second-order valence-corrected chi connectivity index (χ2v) is 10.9. The van der Waals surface area contributed by atoms with Crippen molar-refractivity contribution in [2.24, 2.45) is 0 Å². The van der Waals surface area contributed by atoms with Crippen molar-refractivity contribution in [1.29, 1.82) is 0 Å². The number of amides is 1. The van der Waals surface area contributed by atoms with E-state index in [-0.39, 0.29) is 11.9 Å². The normalized spacial score (nSPS) is 15.6. The van der Waals surface area contributed by atoms with Crippen molar-refractivity contribution < 1.29 is 14.3 Å². The summed E-state index contributed by atoms with van der Waals surface area (Å²) in [6.45, 7) is 1.43. The standard InChI is InChI=1S/C33H33IN2O3/c1-38-30-22-27(34)21-29(31(30)39-2)32(37)35-23-28-19-12-20-36(28)33(24-13-6-3-7-14-24,25-15-8-4-9-16-25)26-17-10-5-11-18-26/h3-11,13-18,21-22,28H,12,19-20,23H2,1-2H3,(H,35,37)/t28-/m1/s1. The molecule has 4 aromatic rings. The minimum absolute atomic E-state index is 0.130. The number of nitrogens with one attached hydrogen (secondary N) is 1. The molecule has 1 heterocycles. The Labute approximate surface area is 244 Å². The molecular weight excluding hydrogens is 599 g/mol. The van der Waals surface area contributed by atoms with E-state index in [0.717, 1.165) is 23.0 Å². The van der Waals surface area contributed by atoms with Gasteiger partial charge in [-0.2, -0.15) is 0 Å². The summed E-state index contributed by atoms with van der Waals surface area (Å²) in [5.74, 6) is 0.833. The lowest BCUT2D eigenvalue weighted by Gasteiger charge is -2.46. The number of hydrogen-bond acceptors (Lipinski definition) is 4. The number of nitrogens with zero attached hydrogens (tertiary/aromatic N) is 1. The average Bonchev–Trinajstić information content (AvgIpc) is 3.46. The predicted molar refractivity (Wildman–Crippen MR) is 164 cm³/mol. The molecule has 1 saturated heterocycles. The topological polar surface area (TPSA) is 50.8 Å². The maximum absolute atomic E-state index is 13.5. The summed E-state index contributed by atoms with van der Waals surface area (Å²) in [4.78, 5) is 16.1. The first-order valence-corrected chi connectivity index (χ1v) is 14.3. The zero-order chi connectivity index (χ0) is 27.2. The zero-order valence-corrected chi connectivity index (χ0v) is 24.4. The van der Waals surface area contributed by atoms with Crippen LogP contribution in [-0.4, -0.2) is 44.2 Å². The van der Waals surface area contributed by atoms with Crippen LogP contribution in [-0.2, 0) is 5.54 Å². The van der Waals surface area contributed by atoms with E-state index >= 15 is 0 Å². The maximum atomic E-state index is 13.5. The smallest absolute Gasteiger partial charge is 0.255 e. The highest BCUT2D eigenvalue weighted by atomic mass is 127. The maximum Gasteiger partial charge on any atom is 0.255 e. The third-order valence-electron chi connectivity index (χ3n) is 7.57. The van der Waals surface area contributed by atoms with Gasteiger partial charge in [0, 0.05) is 22.7 Å². The summed E-state index contributed by atoms with van der Waals surface area (Å²) >= 11 is 2.20. The van der Waals surface area contributed by atoms with E-state index < -0.39 is 5.54 Å². The summed E-state index contributed by atoms with van der Waals surface area (Å²) in [6, 6.07) is 36.0. The van der Waals surface area contributed by atoms with Crippen molar-refractivity contribution >= 4 is 28.5 Å². The van der Waals surface area contributed by atoms with Gasteiger partial charge in [-0.25, -0.2) is 0 Å². The lowest BCUT2D eigenvalue weighted by molar-refractivity contribution is 0.0912. The minimum Gasteiger partial charge on any atom is -0.493 e. The van der Waals surface area contributed by atoms with E-state index in [1.54, 1.807) is 14.2 Å². The monoisotopic (exact) mass is 632 g/mol. The largest absolute Gasteiger partial charge is 0.493 e. The Balaban J connectivity index is 1.54. The van der Waals surface area contributed by atoms with Crippen molar-refractivity contribution in [1.82, 2.24) is 10.2 Å². The Morgan fingerprint density at radius 3 is 1.90 bits per heavy atom. The van der Waals surface area contributed by atoms with Crippen LogP contribution < -0.4 is 14.8 Å². The number of benzene rings is 4. The molecule has 0 radical (unpaired) electrons. The number of hydrogen-bond donors (Lipinski definition) is 1. The highest BCUT2D eigenvalue weighted by Gasteiger charge is 2.46. The first-order valence-electron chi connectivity index (χ1n) is 13.2. The molecule has 1 atom stereocenters. The highest BCUT2D eigenvalue weighted by molar-refractivity contribution is 14.1. The van der Waals surface area contributed by atoms with Gasteiger partial charge in [0.2, 0.25) is 0 Å². The van der Waals surface area contributed by atoms with Crippen LogP contribution in [0.4, 0.5) is 0 Å². The van der Waals surface area contributed by atoms with Crippen LogP contribution >= 0.6 is 22.6 Å². The molecule has 1 N–H and O–H groups in total. The summed E-state index contributed by atoms with van der Waals surface area (Å²) in [5, 5.41) is 3.23. The lowest BCUT2D eigenvalue weighted by atomic mass is 9.75. The molecule has 1 aliphatic heterocycles. The second-order valence-electron chi connectivity index (χ2n) is 9.70. The lowest BCUT2D eigenvalue weighted by Crippen LogP contribution is -2.53. The quantitative estimate of drug-likeness (QED) is 0.169. The first-order chi connectivity index (χ1) is 19.1. The number of rotatable bonds is 9. The van der Waals surface area contributed by atoms with E-state index in [2.05, 4.69) is 124 Å². The SMILES string of the molecule is COc1cc(I)cc(C(=O)NC[C@H]2CCCN2C(c2ccccc2)(c2ccccc2)c2ccccc2)c1OC. The minimum atomic E-state index is -0.501. The second kappa shape index (κ2) is 12.2. The molecule has 6 heteroatoms. The van der Waals surface area contributed by atoms with Crippen molar-refractivity contribution in [2.75, 3.05) is 27.3 Å². The predicted octanol–water partition coefficient (Wildman–Crippen LogP) is 6.49. The average molecular weight is 633 g/mol. The summed E-state index contributed by atoms with van der Waals surface area (Å²) in [5.41, 5.74) is 3.61. The number of carbonyl (C=O) groups excluding carboxylic acids is 1. The van der Waals surface area contributed by atoms with Crippen molar-refractivity contribution in [3.05, 3.63) is 129 Å². The Bertz CT molecular complexity index is 1300. The molecule has 4 aromatic carbocycles. The molecule has 200 valence electrons. The summed E-state index contributed by atoms with van der Waals surface area (Å²) in [7, 11) is 3.15. The zero-order valence-electron chi connectivity index (χ0n) is 22.3. The van der Waals surface area contributed by atoms with E-state index in [1.807, 2.05) is 12.1 Å². The van der Waals surface area contributed by atoms with Crippen LogP contribution in [0.2, 0.25) is 0 Å². The molecule has 0 aliphatic carbocycles. The first kappa shape index (κ1) is 27.2. The fourth-order valence-corrected chi connectivity index (χ4v) is 6.52. The molecule has 0 spiro atoms. The Hall–Kier alpha value is -3.36. The van der Waals surface area contributed by atoms with Crippen LogP contribution in [0.3, 0.4) is 0 Å². The number of ether oxygens (including phenoxy) is 2. The van der Waals surface area contributed by atoms with Crippen LogP contribution in [0.1, 0.15) is 39.9 Å². The van der Waals surface area contributed by atoms with Crippen LogP contribution in [0, 0.1) is 3.57 Å². The van der Waals surface area contributed by atoms with Crippen LogP contribution in [0.5, 0.6) is 11.5 Å². The van der Waals surface area contributed by atoms with Crippen molar-refractivity contribution in [3.8, 4) is 11.5 Å². The van der Waals surface area contributed by atoms with Crippen LogP contribution in [0.15, 0.2) is 103 Å². The molecule has 1 amide bonds.